The highest BCUT2D eigenvalue weighted by Gasteiger charge is 2.31. The van der Waals surface area contributed by atoms with Crippen LogP contribution in [0.1, 0.15) is 12.0 Å². The maximum Gasteiger partial charge on any atom is 0.240 e. The van der Waals surface area contributed by atoms with Crippen molar-refractivity contribution in [2.24, 2.45) is 10.2 Å². The second-order valence-electron chi connectivity index (χ2n) is 4.41. The fraction of sp³-hybridized carbons (Fsp3) is 0.286. The Morgan fingerprint density at radius 3 is 2.87 bits per heavy atom. The smallest absolute Gasteiger partial charge is 0.240 e. The van der Waals surface area contributed by atoms with Crippen LogP contribution < -0.4 is 14.8 Å². The van der Waals surface area contributed by atoms with Crippen LogP contribution in [0.25, 0.3) is 0 Å². The maximum absolute atomic E-state index is 11.6. The highest BCUT2D eigenvalue weighted by Crippen LogP contribution is 2.24. The van der Waals surface area contributed by atoms with Gasteiger partial charge in [-0.15, -0.1) is 5.10 Å². The Balaban J connectivity index is 2.07. The summed E-state index contributed by atoms with van der Waals surface area (Å²) in [6.07, 6.45) is 1.45. The molecule has 23 heavy (non-hydrogen) atoms. The first-order valence-corrected chi connectivity index (χ1v) is 7.78. The molecule has 122 valence electrons. The number of hydrogen-bond acceptors (Lipinski definition) is 7. The van der Waals surface area contributed by atoms with Crippen molar-refractivity contribution in [3.8, 4) is 11.5 Å². The molecule has 2 rings (SSSR count). The van der Waals surface area contributed by atoms with E-state index in [-0.39, 0.29) is 12.3 Å². The average molecular weight is 356 g/mol. The first-order valence-electron chi connectivity index (χ1n) is 6.52. The summed E-state index contributed by atoms with van der Waals surface area (Å²) in [5, 5.41) is 9.58. The first kappa shape index (κ1) is 17.3. The molecule has 1 aromatic rings. The molecular formula is C14H14ClN3O4S. The number of methoxy groups -OCH3 is 2. The maximum atomic E-state index is 11.6. The average Bonchev–Trinajstić information content (AvgIpc) is 2.86. The topological polar surface area (TPSA) is 89.4 Å². The van der Waals surface area contributed by atoms with Crippen molar-refractivity contribution in [3.63, 3.8) is 0 Å². The third-order valence-electron chi connectivity index (χ3n) is 2.91. The lowest BCUT2D eigenvalue weighted by molar-refractivity contribution is -0.121. The van der Waals surface area contributed by atoms with Gasteiger partial charge in [-0.05, 0) is 23.7 Å². The summed E-state index contributed by atoms with van der Waals surface area (Å²) >= 11 is 6.40. The molecule has 7 nitrogen and oxygen atoms in total. The predicted octanol–water partition coefficient (Wildman–Crippen LogP) is 1.78. The van der Waals surface area contributed by atoms with Crippen molar-refractivity contribution in [2.75, 3.05) is 14.2 Å². The van der Waals surface area contributed by atoms with Crippen LogP contribution in [-0.4, -0.2) is 42.0 Å². The molecule has 0 spiro atoms. The standard InChI is InChI=1S/C14H14ClN3O4S/c1-21-9-4-3-8(10(5-9)22-2)7-16-18-14-17-13(20)11(23-14)6-12(15)19/h3-5,7,11H,6H2,1-2H3,(H,17,18,20). The highest BCUT2D eigenvalue weighted by atomic mass is 35.5. The number of nitrogens with one attached hydrogen (secondary N) is 1. The summed E-state index contributed by atoms with van der Waals surface area (Å²) in [7, 11) is 3.11. The molecular weight excluding hydrogens is 342 g/mol. The zero-order valence-corrected chi connectivity index (χ0v) is 14.0. The molecule has 1 unspecified atom stereocenters. The summed E-state index contributed by atoms with van der Waals surface area (Å²) in [6, 6.07) is 5.27. The van der Waals surface area contributed by atoms with Gasteiger partial charge >= 0.3 is 0 Å². The van der Waals surface area contributed by atoms with Crippen LogP contribution in [0.2, 0.25) is 0 Å². The zero-order chi connectivity index (χ0) is 16.8. The summed E-state index contributed by atoms with van der Waals surface area (Å²) in [4.78, 5) is 22.5. The molecule has 0 radical (unpaired) electrons. The number of benzene rings is 1. The molecule has 0 aromatic heterocycles. The van der Waals surface area contributed by atoms with Crippen LogP contribution in [0.5, 0.6) is 11.5 Å². The van der Waals surface area contributed by atoms with Gasteiger partial charge in [0.05, 0.1) is 25.7 Å². The molecule has 1 amide bonds. The van der Waals surface area contributed by atoms with E-state index in [4.69, 9.17) is 21.1 Å². The molecule has 0 bridgehead atoms. The predicted molar refractivity (Wildman–Crippen MR) is 89.6 cm³/mol. The van der Waals surface area contributed by atoms with Crippen LogP contribution in [0.15, 0.2) is 28.4 Å². The molecule has 1 aliphatic heterocycles. The van der Waals surface area contributed by atoms with Crippen molar-refractivity contribution in [1.82, 2.24) is 5.32 Å². The zero-order valence-electron chi connectivity index (χ0n) is 12.4. The Labute approximate surface area is 142 Å². The summed E-state index contributed by atoms with van der Waals surface area (Å²) in [6.45, 7) is 0. The van der Waals surface area contributed by atoms with Crippen molar-refractivity contribution in [2.45, 2.75) is 11.7 Å². The molecule has 1 aromatic carbocycles. The van der Waals surface area contributed by atoms with E-state index in [1.807, 2.05) is 0 Å². The number of ether oxygens (including phenoxy) is 2. The Bertz CT molecular complexity index is 678. The largest absolute Gasteiger partial charge is 0.497 e. The highest BCUT2D eigenvalue weighted by molar-refractivity contribution is 8.15. The lowest BCUT2D eigenvalue weighted by atomic mass is 10.2. The van der Waals surface area contributed by atoms with Gasteiger partial charge in [-0.25, -0.2) is 0 Å². The minimum atomic E-state index is -0.565. The van der Waals surface area contributed by atoms with Crippen molar-refractivity contribution in [1.29, 1.82) is 0 Å². The van der Waals surface area contributed by atoms with Gasteiger partial charge in [-0.3, -0.25) is 9.59 Å². The SMILES string of the molecule is COc1ccc(C=NN=C2NC(=O)C(CC(=O)Cl)S2)c(OC)c1. The normalized spacial score (nSPS) is 19.2. The second-order valence-corrected chi connectivity index (χ2v) is 6.03. The van der Waals surface area contributed by atoms with E-state index in [0.717, 1.165) is 11.8 Å². The van der Waals surface area contributed by atoms with Gasteiger partial charge in [0.1, 0.15) is 11.5 Å². The quantitative estimate of drug-likeness (QED) is 0.477. The Morgan fingerprint density at radius 1 is 1.43 bits per heavy atom. The van der Waals surface area contributed by atoms with Gasteiger partial charge in [0.2, 0.25) is 11.1 Å². The second kappa shape index (κ2) is 7.98. The van der Waals surface area contributed by atoms with Crippen LogP contribution >= 0.6 is 23.4 Å². The molecule has 0 saturated carbocycles. The number of nitrogens with zero attached hydrogens (tertiary/aromatic N) is 2. The van der Waals surface area contributed by atoms with E-state index in [9.17, 15) is 9.59 Å². The molecule has 1 aliphatic rings. The minimum Gasteiger partial charge on any atom is -0.497 e. The van der Waals surface area contributed by atoms with Gasteiger partial charge in [-0.2, -0.15) is 5.10 Å². The molecule has 1 fully saturated rings. The molecule has 1 heterocycles. The van der Waals surface area contributed by atoms with E-state index in [2.05, 4.69) is 15.5 Å². The van der Waals surface area contributed by atoms with Crippen molar-refractivity contribution in [3.05, 3.63) is 23.8 Å². The molecule has 1 N–H and O–H groups in total. The lowest BCUT2D eigenvalue weighted by Gasteiger charge is -2.06. The minimum absolute atomic E-state index is 0.0485. The van der Waals surface area contributed by atoms with Crippen molar-refractivity contribution >= 4 is 45.9 Å². The Morgan fingerprint density at radius 2 is 2.22 bits per heavy atom. The van der Waals surface area contributed by atoms with E-state index in [1.165, 1.54) is 6.21 Å². The third kappa shape index (κ3) is 4.70. The number of amidine groups is 1. The number of amides is 1. The third-order valence-corrected chi connectivity index (χ3v) is 4.13. The lowest BCUT2D eigenvalue weighted by Crippen LogP contribution is -2.25. The summed E-state index contributed by atoms with van der Waals surface area (Å²) < 4.78 is 10.4. The molecule has 1 atom stereocenters. The van der Waals surface area contributed by atoms with Crippen LogP contribution in [0.3, 0.4) is 0 Å². The van der Waals surface area contributed by atoms with Gasteiger partial charge in [0, 0.05) is 18.1 Å². The van der Waals surface area contributed by atoms with Gasteiger partial charge in [-0.1, -0.05) is 11.8 Å². The van der Waals surface area contributed by atoms with E-state index >= 15 is 0 Å². The monoisotopic (exact) mass is 355 g/mol. The van der Waals surface area contributed by atoms with Crippen LogP contribution in [-0.2, 0) is 9.59 Å². The van der Waals surface area contributed by atoms with Crippen LogP contribution in [0, 0.1) is 0 Å². The molecule has 9 heteroatoms. The van der Waals surface area contributed by atoms with Gasteiger partial charge < -0.3 is 14.8 Å². The number of rotatable bonds is 6. The Kier molecular flexibility index (Phi) is 6.00. The fourth-order valence-corrected chi connectivity index (χ4v) is 2.97. The fourth-order valence-electron chi connectivity index (χ4n) is 1.80. The molecule has 1 saturated heterocycles. The number of thioether (sulfide) groups is 1. The Hall–Kier alpha value is -2.06. The van der Waals surface area contributed by atoms with E-state index in [1.54, 1.807) is 32.4 Å². The van der Waals surface area contributed by atoms with Crippen molar-refractivity contribution < 1.29 is 19.1 Å². The number of carbonyl (C=O) groups is 2. The first-order chi connectivity index (χ1) is 11.0. The van der Waals surface area contributed by atoms with Crippen LogP contribution in [0.4, 0.5) is 0 Å². The van der Waals surface area contributed by atoms with E-state index < -0.39 is 10.5 Å². The van der Waals surface area contributed by atoms with Gasteiger partial charge in [0.15, 0.2) is 5.17 Å². The van der Waals surface area contributed by atoms with Gasteiger partial charge in [0.25, 0.3) is 0 Å². The van der Waals surface area contributed by atoms with E-state index in [0.29, 0.717) is 22.2 Å². The summed E-state index contributed by atoms with van der Waals surface area (Å²) in [5.74, 6) is 0.944. The number of halogens is 1. The molecule has 0 aliphatic carbocycles. The number of carbonyl (C=O) groups excluding carboxylic acids is 2. The number of hydrogen-bond donors (Lipinski definition) is 1. The summed E-state index contributed by atoms with van der Waals surface area (Å²) in [5.41, 5.74) is 0.708.